The molecule has 1 aromatic heterocycles. The number of ether oxygens (including phenoxy) is 3. The lowest BCUT2D eigenvalue weighted by atomic mass is 9.88. The number of benzene rings is 3. The maximum absolute atomic E-state index is 13.8. The summed E-state index contributed by atoms with van der Waals surface area (Å²) in [4.78, 5) is 17.2. The van der Waals surface area contributed by atoms with E-state index < -0.39 is 0 Å². The number of rotatable bonds is 3. The number of hydrogen-bond donors (Lipinski definition) is 1. The van der Waals surface area contributed by atoms with Gasteiger partial charge in [-0.2, -0.15) is 0 Å². The van der Waals surface area contributed by atoms with E-state index in [-0.39, 0.29) is 5.43 Å². The average molecular weight is 389 g/mol. The molecule has 0 fully saturated rings. The van der Waals surface area contributed by atoms with Gasteiger partial charge in [-0.3, -0.25) is 4.79 Å². The van der Waals surface area contributed by atoms with Gasteiger partial charge < -0.3 is 19.2 Å². The highest BCUT2D eigenvalue weighted by molar-refractivity contribution is 6.15. The molecule has 0 atom stereocenters. The molecule has 0 radical (unpaired) electrons. The number of hydrogen-bond acceptors (Lipinski definition) is 4. The Morgan fingerprint density at radius 1 is 0.793 bits per heavy atom. The fourth-order valence-electron chi connectivity index (χ4n) is 4.74. The molecule has 5 nitrogen and oxygen atoms in total. The van der Waals surface area contributed by atoms with Gasteiger partial charge in [0.15, 0.2) is 5.43 Å². The zero-order chi connectivity index (χ0) is 20.1. The predicted molar refractivity (Wildman–Crippen MR) is 116 cm³/mol. The molecule has 0 saturated carbocycles. The van der Waals surface area contributed by atoms with E-state index in [1.165, 1.54) is 24.0 Å². The number of aromatic amines is 1. The van der Waals surface area contributed by atoms with E-state index in [9.17, 15) is 4.79 Å². The highest BCUT2D eigenvalue weighted by atomic mass is 16.5. The summed E-state index contributed by atoms with van der Waals surface area (Å²) in [5.74, 6) is 1.88. The first-order valence-electron chi connectivity index (χ1n) is 9.89. The van der Waals surface area contributed by atoms with Crippen molar-refractivity contribution in [2.75, 3.05) is 21.3 Å². The monoisotopic (exact) mass is 389 g/mol. The minimum absolute atomic E-state index is 0.0795. The highest BCUT2D eigenvalue weighted by Gasteiger charge is 2.21. The summed E-state index contributed by atoms with van der Waals surface area (Å²) in [6, 6.07) is 7.64. The number of aryl methyl sites for hydroxylation is 2. The Bertz CT molecular complexity index is 1340. The lowest BCUT2D eigenvalue weighted by Crippen LogP contribution is -2.09. The van der Waals surface area contributed by atoms with Crippen molar-refractivity contribution in [3.63, 3.8) is 0 Å². The minimum atomic E-state index is -0.0795. The first-order valence-corrected chi connectivity index (χ1v) is 9.89. The standard InChI is InChI=1S/C24H23NO4/c1-27-18-8-9-19(28-2)21-16(18)10-17-20(29-3)11-15-14-7-5-4-6-13(14)12-25-23(15)22(17)24(21)26/h8-12,25H,4-7H2,1-3H3. The van der Waals surface area contributed by atoms with E-state index in [1.807, 2.05) is 12.1 Å². The summed E-state index contributed by atoms with van der Waals surface area (Å²) in [6.07, 6.45) is 6.52. The Labute approximate surface area is 168 Å². The number of nitrogens with one attached hydrogen (secondary N) is 1. The molecular formula is C24H23NO4. The largest absolute Gasteiger partial charge is 0.496 e. The summed E-state index contributed by atoms with van der Waals surface area (Å²) in [6.45, 7) is 0. The van der Waals surface area contributed by atoms with Crippen molar-refractivity contribution in [1.82, 2.24) is 4.98 Å². The molecule has 5 rings (SSSR count). The van der Waals surface area contributed by atoms with E-state index in [4.69, 9.17) is 14.2 Å². The molecular weight excluding hydrogens is 366 g/mol. The second kappa shape index (κ2) is 6.69. The zero-order valence-corrected chi connectivity index (χ0v) is 16.8. The molecule has 29 heavy (non-hydrogen) atoms. The Kier molecular flexibility index (Phi) is 4.12. The quantitative estimate of drug-likeness (QED) is 0.406. The van der Waals surface area contributed by atoms with Gasteiger partial charge >= 0.3 is 0 Å². The van der Waals surface area contributed by atoms with Gasteiger partial charge in [0.05, 0.1) is 37.6 Å². The van der Waals surface area contributed by atoms with Crippen molar-refractivity contribution in [3.8, 4) is 17.2 Å². The SMILES string of the molecule is COc1ccc(OC)c2c(=O)c3c(cc12)c(OC)cc1c2c(c[nH]c13)CCCC2. The summed E-state index contributed by atoms with van der Waals surface area (Å²) in [7, 11) is 4.84. The van der Waals surface area contributed by atoms with E-state index in [1.54, 1.807) is 27.4 Å². The first kappa shape index (κ1) is 17.9. The molecule has 0 aliphatic heterocycles. The van der Waals surface area contributed by atoms with Crippen LogP contribution in [0.4, 0.5) is 0 Å². The second-order valence-electron chi connectivity index (χ2n) is 7.52. The normalized spacial score (nSPS) is 13.6. The van der Waals surface area contributed by atoms with Crippen molar-refractivity contribution >= 4 is 32.4 Å². The molecule has 0 bridgehead atoms. The van der Waals surface area contributed by atoms with Crippen molar-refractivity contribution < 1.29 is 14.2 Å². The third-order valence-corrected chi connectivity index (χ3v) is 6.13. The van der Waals surface area contributed by atoms with Crippen LogP contribution in [0.1, 0.15) is 24.0 Å². The molecule has 0 unspecified atom stereocenters. The van der Waals surface area contributed by atoms with Crippen LogP contribution in [0.5, 0.6) is 17.2 Å². The lowest BCUT2D eigenvalue weighted by molar-refractivity contribution is 0.410. The van der Waals surface area contributed by atoms with Gasteiger partial charge in [0.1, 0.15) is 17.2 Å². The van der Waals surface area contributed by atoms with Gasteiger partial charge in [0.25, 0.3) is 0 Å². The number of methoxy groups -OCH3 is 3. The molecule has 1 aliphatic rings. The maximum atomic E-state index is 13.8. The predicted octanol–water partition coefficient (Wildman–Crippen LogP) is 4.74. The molecule has 1 N–H and O–H groups in total. The summed E-state index contributed by atoms with van der Waals surface area (Å²) < 4.78 is 16.8. The van der Waals surface area contributed by atoms with Gasteiger partial charge in [0, 0.05) is 22.4 Å². The van der Waals surface area contributed by atoms with Gasteiger partial charge in [-0.1, -0.05) is 0 Å². The zero-order valence-electron chi connectivity index (χ0n) is 16.8. The third kappa shape index (κ3) is 2.50. The number of aromatic nitrogens is 1. The van der Waals surface area contributed by atoms with Crippen molar-refractivity contribution in [3.05, 3.63) is 51.8 Å². The fourth-order valence-corrected chi connectivity index (χ4v) is 4.74. The van der Waals surface area contributed by atoms with Crippen LogP contribution in [0.15, 0.2) is 35.3 Å². The second-order valence-corrected chi connectivity index (χ2v) is 7.52. The Hall–Kier alpha value is -3.21. The van der Waals surface area contributed by atoms with Crippen LogP contribution in [0.2, 0.25) is 0 Å². The molecule has 1 heterocycles. The van der Waals surface area contributed by atoms with Gasteiger partial charge in [-0.25, -0.2) is 0 Å². The smallest absolute Gasteiger partial charge is 0.200 e. The highest BCUT2D eigenvalue weighted by Crippen LogP contribution is 2.40. The summed E-state index contributed by atoms with van der Waals surface area (Å²) in [5.41, 5.74) is 3.43. The van der Waals surface area contributed by atoms with Gasteiger partial charge in [-0.05, 0) is 61.1 Å². The number of pyridine rings is 1. The van der Waals surface area contributed by atoms with E-state index >= 15 is 0 Å². The molecule has 5 heteroatoms. The Morgan fingerprint density at radius 3 is 2.24 bits per heavy atom. The third-order valence-electron chi connectivity index (χ3n) is 6.13. The molecule has 0 spiro atoms. The molecule has 148 valence electrons. The molecule has 0 amide bonds. The van der Waals surface area contributed by atoms with E-state index in [0.717, 1.165) is 34.5 Å². The first-order chi connectivity index (χ1) is 14.2. The van der Waals surface area contributed by atoms with Crippen molar-refractivity contribution in [2.45, 2.75) is 25.7 Å². The molecule has 3 aromatic carbocycles. The van der Waals surface area contributed by atoms with Crippen molar-refractivity contribution in [1.29, 1.82) is 0 Å². The fraction of sp³-hybridized carbons (Fsp3) is 0.292. The van der Waals surface area contributed by atoms with Gasteiger partial charge in [-0.15, -0.1) is 0 Å². The molecule has 4 aromatic rings. The number of H-pyrrole nitrogens is 1. The average Bonchev–Trinajstić information content (AvgIpc) is 2.77. The maximum Gasteiger partial charge on any atom is 0.200 e. The van der Waals surface area contributed by atoms with Crippen LogP contribution in [-0.2, 0) is 12.8 Å². The van der Waals surface area contributed by atoms with Crippen LogP contribution >= 0.6 is 0 Å². The topological polar surface area (TPSA) is 60.6 Å². The Balaban J connectivity index is 2.03. The van der Waals surface area contributed by atoms with Crippen LogP contribution in [0, 0.1) is 0 Å². The van der Waals surface area contributed by atoms with E-state index in [0.29, 0.717) is 28.0 Å². The van der Waals surface area contributed by atoms with Crippen molar-refractivity contribution in [2.24, 2.45) is 0 Å². The summed E-state index contributed by atoms with van der Waals surface area (Å²) in [5, 5.41) is 3.73. The van der Waals surface area contributed by atoms with E-state index in [2.05, 4.69) is 17.2 Å². The number of fused-ring (bicyclic) bond motifs is 6. The van der Waals surface area contributed by atoms with Crippen LogP contribution < -0.4 is 19.6 Å². The summed E-state index contributed by atoms with van der Waals surface area (Å²) >= 11 is 0. The van der Waals surface area contributed by atoms with Crippen LogP contribution in [-0.4, -0.2) is 26.3 Å². The lowest BCUT2D eigenvalue weighted by Gasteiger charge is -2.20. The Morgan fingerprint density at radius 2 is 1.48 bits per heavy atom. The van der Waals surface area contributed by atoms with Crippen LogP contribution in [0.3, 0.4) is 0 Å². The van der Waals surface area contributed by atoms with Gasteiger partial charge in [0.2, 0.25) is 0 Å². The molecule has 0 saturated heterocycles. The molecule has 1 aliphatic carbocycles. The van der Waals surface area contributed by atoms with Crippen LogP contribution in [0.25, 0.3) is 32.4 Å². The minimum Gasteiger partial charge on any atom is -0.496 e.